The molecule has 1 heterocycles. The molecule has 5 heteroatoms. The van der Waals surface area contributed by atoms with Crippen molar-refractivity contribution >= 4 is 23.6 Å². The van der Waals surface area contributed by atoms with Gasteiger partial charge in [-0.3, -0.25) is 9.59 Å². The number of amides is 2. The molecule has 1 saturated heterocycles. The summed E-state index contributed by atoms with van der Waals surface area (Å²) in [5, 5.41) is 0. The molecule has 0 aromatic carbocycles. The summed E-state index contributed by atoms with van der Waals surface area (Å²) in [5.41, 5.74) is 0. The second-order valence-corrected chi connectivity index (χ2v) is 5.61. The number of hydrogen-bond acceptors (Lipinski definition) is 3. The molecule has 1 aliphatic heterocycles. The van der Waals surface area contributed by atoms with Crippen LogP contribution in [0.25, 0.3) is 0 Å². The van der Waals surface area contributed by atoms with Crippen LogP contribution in [0.15, 0.2) is 0 Å². The van der Waals surface area contributed by atoms with Gasteiger partial charge in [0, 0.05) is 13.1 Å². The number of hydrogen-bond donors (Lipinski definition) is 0. The standard InChI is InChI=1S/C11H18N2O2S/c1-8(9-3-4-9)12(2)10(14)5-13-7-16-6-11(13)15/h8-9H,3-7H2,1-2H3. The van der Waals surface area contributed by atoms with E-state index in [4.69, 9.17) is 0 Å². The van der Waals surface area contributed by atoms with Gasteiger partial charge in [0.2, 0.25) is 11.8 Å². The van der Waals surface area contributed by atoms with E-state index in [1.165, 1.54) is 12.8 Å². The van der Waals surface area contributed by atoms with Crippen molar-refractivity contribution in [1.29, 1.82) is 0 Å². The molecule has 0 radical (unpaired) electrons. The molecule has 90 valence electrons. The highest BCUT2D eigenvalue weighted by Gasteiger charge is 2.33. The lowest BCUT2D eigenvalue weighted by molar-refractivity contribution is -0.138. The van der Waals surface area contributed by atoms with Gasteiger partial charge in [-0.1, -0.05) is 0 Å². The van der Waals surface area contributed by atoms with E-state index in [1.807, 2.05) is 7.05 Å². The number of carbonyl (C=O) groups is 2. The second-order valence-electron chi connectivity index (χ2n) is 4.65. The lowest BCUT2D eigenvalue weighted by Gasteiger charge is -2.26. The zero-order valence-corrected chi connectivity index (χ0v) is 10.6. The van der Waals surface area contributed by atoms with E-state index < -0.39 is 0 Å². The predicted octanol–water partition coefficient (Wildman–Crippen LogP) is 0.776. The van der Waals surface area contributed by atoms with Gasteiger partial charge >= 0.3 is 0 Å². The van der Waals surface area contributed by atoms with Gasteiger partial charge in [0.05, 0.1) is 11.6 Å². The SMILES string of the molecule is CC(C1CC1)N(C)C(=O)CN1CSCC1=O. The van der Waals surface area contributed by atoms with Crippen molar-refractivity contribution < 1.29 is 9.59 Å². The fraction of sp³-hybridized carbons (Fsp3) is 0.818. The fourth-order valence-corrected chi connectivity index (χ4v) is 2.84. The molecule has 0 aromatic heterocycles. The number of thioether (sulfide) groups is 1. The molecule has 2 rings (SSSR count). The highest BCUT2D eigenvalue weighted by Crippen LogP contribution is 2.34. The summed E-state index contributed by atoms with van der Waals surface area (Å²) in [6.07, 6.45) is 2.47. The molecule has 0 aromatic rings. The molecular formula is C11H18N2O2S. The Morgan fingerprint density at radius 3 is 2.81 bits per heavy atom. The van der Waals surface area contributed by atoms with E-state index in [9.17, 15) is 9.59 Å². The molecule has 16 heavy (non-hydrogen) atoms. The molecule has 2 fully saturated rings. The van der Waals surface area contributed by atoms with Gasteiger partial charge in [0.15, 0.2) is 0 Å². The molecule has 1 unspecified atom stereocenters. The van der Waals surface area contributed by atoms with Gasteiger partial charge in [-0.25, -0.2) is 0 Å². The Hall–Kier alpha value is -0.710. The molecular weight excluding hydrogens is 224 g/mol. The zero-order valence-electron chi connectivity index (χ0n) is 9.81. The van der Waals surface area contributed by atoms with Crippen LogP contribution in [0.3, 0.4) is 0 Å². The lowest BCUT2D eigenvalue weighted by Crippen LogP contribution is -2.43. The van der Waals surface area contributed by atoms with Crippen LogP contribution in [0.4, 0.5) is 0 Å². The smallest absolute Gasteiger partial charge is 0.242 e. The maximum atomic E-state index is 11.9. The summed E-state index contributed by atoms with van der Waals surface area (Å²) < 4.78 is 0. The van der Waals surface area contributed by atoms with E-state index in [0.717, 1.165) is 0 Å². The highest BCUT2D eigenvalue weighted by molar-refractivity contribution is 8.00. The van der Waals surface area contributed by atoms with Gasteiger partial charge < -0.3 is 9.80 Å². The van der Waals surface area contributed by atoms with Crippen molar-refractivity contribution in [3.63, 3.8) is 0 Å². The van der Waals surface area contributed by atoms with E-state index in [2.05, 4.69) is 6.92 Å². The topological polar surface area (TPSA) is 40.6 Å². The average molecular weight is 242 g/mol. The molecule has 4 nitrogen and oxygen atoms in total. The Morgan fingerprint density at radius 1 is 1.62 bits per heavy atom. The van der Waals surface area contributed by atoms with Gasteiger partial charge in [0.1, 0.15) is 6.54 Å². The first-order valence-electron chi connectivity index (χ1n) is 5.70. The fourth-order valence-electron chi connectivity index (χ4n) is 1.94. The summed E-state index contributed by atoms with van der Waals surface area (Å²) in [6, 6.07) is 0.317. The minimum Gasteiger partial charge on any atom is -0.341 e. The maximum absolute atomic E-state index is 11.9. The van der Waals surface area contributed by atoms with Crippen LogP contribution in [0.5, 0.6) is 0 Å². The first-order chi connectivity index (χ1) is 7.59. The molecule has 0 spiro atoms. The molecule has 1 aliphatic carbocycles. The van der Waals surface area contributed by atoms with Crippen molar-refractivity contribution in [2.75, 3.05) is 25.2 Å². The number of carbonyl (C=O) groups excluding carboxylic acids is 2. The number of nitrogens with zero attached hydrogens (tertiary/aromatic N) is 2. The van der Waals surface area contributed by atoms with E-state index in [1.54, 1.807) is 21.6 Å². The van der Waals surface area contributed by atoms with Crippen LogP contribution in [0.2, 0.25) is 0 Å². The molecule has 0 bridgehead atoms. The van der Waals surface area contributed by atoms with Crippen molar-refractivity contribution in [2.45, 2.75) is 25.8 Å². The summed E-state index contributed by atoms with van der Waals surface area (Å²) in [5.74, 6) is 2.02. The third-order valence-electron chi connectivity index (χ3n) is 3.46. The van der Waals surface area contributed by atoms with Gasteiger partial charge in [-0.15, -0.1) is 11.8 Å². The van der Waals surface area contributed by atoms with E-state index in [-0.39, 0.29) is 18.4 Å². The average Bonchev–Trinajstić information content (AvgIpc) is 3.03. The number of rotatable bonds is 4. The van der Waals surface area contributed by atoms with E-state index in [0.29, 0.717) is 23.6 Å². The molecule has 2 amide bonds. The third kappa shape index (κ3) is 2.51. The summed E-state index contributed by atoms with van der Waals surface area (Å²) in [4.78, 5) is 26.8. The minimum atomic E-state index is 0.0650. The van der Waals surface area contributed by atoms with Gasteiger partial charge in [-0.05, 0) is 25.7 Å². The van der Waals surface area contributed by atoms with Crippen LogP contribution in [0, 0.1) is 5.92 Å². The van der Waals surface area contributed by atoms with Crippen molar-refractivity contribution in [2.24, 2.45) is 5.92 Å². The predicted molar refractivity (Wildman–Crippen MR) is 64.0 cm³/mol. The highest BCUT2D eigenvalue weighted by atomic mass is 32.2. The molecule has 2 aliphatic rings. The van der Waals surface area contributed by atoms with Crippen molar-refractivity contribution in [3.05, 3.63) is 0 Å². The zero-order chi connectivity index (χ0) is 11.7. The van der Waals surface area contributed by atoms with Crippen LogP contribution < -0.4 is 0 Å². The molecule has 0 N–H and O–H groups in total. The lowest BCUT2D eigenvalue weighted by atomic mass is 10.2. The Morgan fingerprint density at radius 2 is 2.31 bits per heavy atom. The Balaban J connectivity index is 1.84. The quantitative estimate of drug-likeness (QED) is 0.731. The molecule has 1 atom stereocenters. The first-order valence-corrected chi connectivity index (χ1v) is 6.86. The van der Waals surface area contributed by atoms with Gasteiger partial charge in [0.25, 0.3) is 0 Å². The number of likely N-dealkylation sites (N-methyl/N-ethyl adjacent to an activating group) is 1. The Bertz CT molecular complexity index is 304. The van der Waals surface area contributed by atoms with Crippen molar-refractivity contribution in [1.82, 2.24) is 9.80 Å². The Kier molecular flexibility index (Phi) is 3.42. The summed E-state index contributed by atoms with van der Waals surface area (Å²) in [7, 11) is 1.85. The maximum Gasteiger partial charge on any atom is 0.242 e. The van der Waals surface area contributed by atoms with Crippen LogP contribution >= 0.6 is 11.8 Å². The second kappa shape index (κ2) is 4.65. The summed E-state index contributed by atoms with van der Waals surface area (Å²) in [6.45, 7) is 2.34. The first kappa shape index (κ1) is 11.8. The van der Waals surface area contributed by atoms with Crippen molar-refractivity contribution in [3.8, 4) is 0 Å². The van der Waals surface area contributed by atoms with E-state index >= 15 is 0 Å². The summed E-state index contributed by atoms with van der Waals surface area (Å²) >= 11 is 1.58. The minimum absolute atomic E-state index is 0.0650. The van der Waals surface area contributed by atoms with Crippen LogP contribution in [-0.4, -0.2) is 52.9 Å². The van der Waals surface area contributed by atoms with Crippen LogP contribution in [-0.2, 0) is 9.59 Å². The third-order valence-corrected chi connectivity index (χ3v) is 4.41. The van der Waals surface area contributed by atoms with Gasteiger partial charge in [-0.2, -0.15) is 0 Å². The van der Waals surface area contributed by atoms with Crippen LogP contribution in [0.1, 0.15) is 19.8 Å². The Labute approximate surface area is 100 Å². The largest absolute Gasteiger partial charge is 0.341 e. The normalized spacial score (nSPS) is 22.4. The monoisotopic (exact) mass is 242 g/mol. The molecule has 1 saturated carbocycles.